The Labute approximate surface area is 132 Å². The number of fused-ring (bicyclic) bond motifs is 1. The number of anilines is 1. The Kier molecular flexibility index (Phi) is 3.98. The van der Waals surface area contributed by atoms with E-state index in [4.69, 9.17) is 0 Å². The molecule has 116 valence electrons. The van der Waals surface area contributed by atoms with Gasteiger partial charge >= 0.3 is 6.03 Å². The molecular weight excluding hydrogens is 300 g/mol. The van der Waals surface area contributed by atoms with E-state index in [9.17, 15) is 9.59 Å². The standard InChI is InChI=1S/C15H18N4O2S/c1-9(2)14-18-11-4-3-10(7-12(11)22-14)17-8-13(20)19-6-5-16-15(19)21/h3-4,7,9,17H,5-6,8H2,1-2H3,(H,16,21). The number of carbonyl (C=O) groups excluding carboxylic acids is 2. The van der Waals surface area contributed by atoms with Gasteiger partial charge < -0.3 is 10.6 Å². The SMILES string of the molecule is CC(C)c1nc2ccc(NCC(=O)N3CCNC3=O)cc2s1. The highest BCUT2D eigenvalue weighted by molar-refractivity contribution is 7.18. The fourth-order valence-electron chi connectivity index (χ4n) is 2.28. The molecule has 0 bridgehead atoms. The van der Waals surface area contributed by atoms with Gasteiger partial charge in [-0.2, -0.15) is 0 Å². The number of amides is 3. The number of hydrogen-bond acceptors (Lipinski definition) is 5. The number of urea groups is 1. The second kappa shape index (κ2) is 5.92. The zero-order chi connectivity index (χ0) is 15.7. The molecule has 1 aliphatic heterocycles. The minimum atomic E-state index is -0.314. The molecule has 0 spiro atoms. The van der Waals surface area contributed by atoms with Crippen molar-refractivity contribution in [3.05, 3.63) is 23.2 Å². The lowest BCUT2D eigenvalue weighted by molar-refractivity contribution is -0.125. The fourth-order valence-corrected chi connectivity index (χ4v) is 3.29. The van der Waals surface area contributed by atoms with Crippen molar-refractivity contribution in [3.63, 3.8) is 0 Å². The quantitative estimate of drug-likeness (QED) is 0.907. The zero-order valence-corrected chi connectivity index (χ0v) is 13.4. The topological polar surface area (TPSA) is 74.3 Å². The summed E-state index contributed by atoms with van der Waals surface area (Å²) >= 11 is 1.67. The molecule has 0 aliphatic carbocycles. The van der Waals surface area contributed by atoms with Gasteiger partial charge in [0, 0.05) is 24.7 Å². The maximum absolute atomic E-state index is 12.0. The third-order valence-corrected chi connectivity index (χ3v) is 4.82. The van der Waals surface area contributed by atoms with Crippen LogP contribution in [0.15, 0.2) is 18.2 Å². The van der Waals surface area contributed by atoms with E-state index in [-0.39, 0.29) is 18.5 Å². The van der Waals surface area contributed by atoms with E-state index in [0.717, 1.165) is 20.9 Å². The van der Waals surface area contributed by atoms with Gasteiger partial charge in [-0.3, -0.25) is 9.69 Å². The molecule has 0 saturated carbocycles. The molecule has 3 amide bonds. The van der Waals surface area contributed by atoms with Crippen LogP contribution in [0.5, 0.6) is 0 Å². The van der Waals surface area contributed by atoms with Crippen molar-refractivity contribution in [2.75, 3.05) is 25.0 Å². The molecule has 1 fully saturated rings. The minimum Gasteiger partial charge on any atom is -0.376 e. The van der Waals surface area contributed by atoms with Crippen LogP contribution in [0.25, 0.3) is 10.2 Å². The van der Waals surface area contributed by atoms with Crippen LogP contribution in [0.4, 0.5) is 10.5 Å². The van der Waals surface area contributed by atoms with Gasteiger partial charge in [-0.15, -0.1) is 11.3 Å². The first kappa shape index (κ1) is 14.8. The van der Waals surface area contributed by atoms with Crippen LogP contribution in [-0.2, 0) is 4.79 Å². The van der Waals surface area contributed by atoms with Gasteiger partial charge in [0.15, 0.2) is 0 Å². The van der Waals surface area contributed by atoms with Crippen molar-refractivity contribution in [1.82, 2.24) is 15.2 Å². The van der Waals surface area contributed by atoms with E-state index in [0.29, 0.717) is 19.0 Å². The molecule has 1 aromatic carbocycles. The third kappa shape index (κ3) is 2.89. The Morgan fingerprint density at radius 1 is 1.50 bits per heavy atom. The van der Waals surface area contributed by atoms with Crippen LogP contribution in [0.3, 0.4) is 0 Å². The van der Waals surface area contributed by atoms with Crippen molar-refractivity contribution in [2.45, 2.75) is 19.8 Å². The van der Waals surface area contributed by atoms with Gasteiger partial charge in [-0.25, -0.2) is 9.78 Å². The molecule has 2 N–H and O–H groups in total. The average molecular weight is 318 g/mol. The van der Waals surface area contributed by atoms with E-state index < -0.39 is 0 Å². The first-order chi connectivity index (χ1) is 10.5. The normalized spacial score (nSPS) is 14.7. The largest absolute Gasteiger partial charge is 0.376 e. The van der Waals surface area contributed by atoms with Gasteiger partial charge in [-0.05, 0) is 18.2 Å². The van der Waals surface area contributed by atoms with E-state index in [2.05, 4.69) is 29.5 Å². The van der Waals surface area contributed by atoms with E-state index in [1.807, 2.05) is 18.2 Å². The van der Waals surface area contributed by atoms with Crippen molar-refractivity contribution in [3.8, 4) is 0 Å². The maximum atomic E-state index is 12.0. The summed E-state index contributed by atoms with van der Waals surface area (Å²) in [6.07, 6.45) is 0. The fraction of sp³-hybridized carbons (Fsp3) is 0.400. The van der Waals surface area contributed by atoms with Gasteiger partial charge in [0.05, 0.1) is 21.8 Å². The monoisotopic (exact) mass is 318 g/mol. The minimum absolute atomic E-state index is 0.106. The Hall–Kier alpha value is -2.15. The summed E-state index contributed by atoms with van der Waals surface area (Å²) in [7, 11) is 0. The Morgan fingerprint density at radius 3 is 3.00 bits per heavy atom. The van der Waals surface area contributed by atoms with Crippen LogP contribution in [0, 0.1) is 0 Å². The van der Waals surface area contributed by atoms with Crippen molar-refractivity contribution < 1.29 is 9.59 Å². The van der Waals surface area contributed by atoms with Gasteiger partial charge in [0.1, 0.15) is 0 Å². The number of nitrogens with one attached hydrogen (secondary N) is 2. The number of thiazole rings is 1. The van der Waals surface area contributed by atoms with Crippen LogP contribution >= 0.6 is 11.3 Å². The number of hydrogen-bond donors (Lipinski definition) is 2. The molecule has 7 heteroatoms. The smallest absolute Gasteiger partial charge is 0.324 e. The number of aromatic nitrogens is 1. The average Bonchev–Trinajstić information content (AvgIpc) is 3.10. The summed E-state index contributed by atoms with van der Waals surface area (Å²) in [5.74, 6) is 0.186. The van der Waals surface area contributed by atoms with Gasteiger partial charge in [0.2, 0.25) is 5.91 Å². The van der Waals surface area contributed by atoms with Crippen LogP contribution < -0.4 is 10.6 Å². The molecule has 0 radical (unpaired) electrons. The summed E-state index contributed by atoms with van der Waals surface area (Å²) in [6, 6.07) is 5.54. The molecule has 0 unspecified atom stereocenters. The molecule has 3 rings (SSSR count). The summed E-state index contributed by atoms with van der Waals surface area (Å²) in [6.45, 7) is 5.31. The number of carbonyl (C=O) groups is 2. The van der Waals surface area contributed by atoms with E-state index in [1.165, 1.54) is 4.90 Å². The second-order valence-electron chi connectivity index (χ2n) is 5.52. The van der Waals surface area contributed by atoms with Crippen molar-refractivity contribution in [2.24, 2.45) is 0 Å². The molecule has 1 aromatic heterocycles. The molecule has 0 atom stereocenters. The molecule has 22 heavy (non-hydrogen) atoms. The number of imide groups is 1. The molecule has 2 aromatic rings. The predicted octanol–water partition coefficient (Wildman–Crippen LogP) is 2.38. The van der Waals surface area contributed by atoms with E-state index >= 15 is 0 Å². The van der Waals surface area contributed by atoms with Crippen molar-refractivity contribution >= 4 is 39.2 Å². The number of rotatable bonds is 4. The molecule has 1 saturated heterocycles. The molecule has 2 heterocycles. The molecule has 6 nitrogen and oxygen atoms in total. The summed E-state index contributed by atoms with van der Waals surface area (Å²) < 4.78 is 1.10. The highest BCUT2D eigenvalue weighted by Crippen LogP contribution is 2.29. The lowest BCUT2D eigenvalue weighted by Gasteiger charge is -2.13. The summed E-state index contributed by atoms with van der Waals surface area (Å²) in [5.41, 5.74) is 1.84. The Morgan fingerprint density at radius 2 is 2.32 bits per heavy atom. The first-order valence-corrected chi connectivity index (χ1v) is 8.09. The van der Waals surface area contributed by atoms with Crippen molar-refractivity contribution in [1.29, 1.82) is 0 Å². The highest BCUT2D eigenvalue weighted by atomic mass is 32.1. The number of nitrogens with zero attached hydrogens (tertiary/aromatic N) is 2. The Balaban J connectivity index is 1.68. The van der Waals surface area contributed by atoms with Gasteiger partial charge in [-0.1, -0.05) is 13.8 Å². The van der Waals surface area contributed by atoms with E-state index in [1.54, 1.807) is 11.3 Å². The van der Waals surface area contributed by atoms with Crippen LogP contribution in [0.2, 0.25) is 0 Å². The maximum Gasteiger partial charge on any atom is 0.324 e. The predicted molar refractivity (Wildman–Crippen MR) is 87.3 cm³/mol. The molecular formula is C15H18N4O2S. The van der Waals surface area contributed by atoms with Crippen LogP contribution in [0.1, 0.15) is 24.8 Å². The summed E-state index contributed by atoms with van der Waals surface area (Å²) in [5, 5.41) is 6.81. The highest BCUT2D eigenvalue weighted by Gasteiger charge is 2.25. The number of benzene rings is 1. The lowest BCUT2D eigenvalue weighted by atomic mass is 10.2. The Bertz CT molecular complexity index is 725. The second-order valence-corrected chi connectivity index (χ2v) is 6.58. The first-order valence-electron chi connectivity index (χ1n) is 7.27. The molecule has 1 aliphatic rings. The zero-order valence-electron chi connectivity index (χ0n) is 12.5. The van der Waals surface area contributed by atoms with Crippen LogP contribution in [-0.4, -0.2) is 41.5 Å². The van der Waals surface area contributed by atoms with Gasteiger partial charge in [0.25, 0.3) is 0 Å². The third-order valence-electron chi connectivity index (χ3n) is 3.50. The summed E-state index contributed by atoms with van der Waals surface area (Å²) in [4.78, 5) is 29.2. The lowest BCUT2D eigenvalue weighted by Crippen LogP contribution is -2.37.